The van der Waals surface area contributed by atoms with Gasteiger partial charge in [-0.3, -0.25) is 0 Å². The second kappa shape index (κ2) is 9.32. The van der Waals surface area contributed by atoms with E-state index in [1.165, 1.54) is 12.7 Å². The Kier molecular flexibility index (Phi) is 6.83. The zero-order chi connectivity index (χ0) is 18.1. The second-order valence-corrected chi connectivity index (χ2v) is 5.30. The summed E-state index contributed by atoms with van der Waals surface area (Å²) in [4.78, 5) is 23.4. The smallest absolute Gasteiger partial charge is 0.337 e. The van der Waals surface area contributed by atoms with Crippen LogP contribution >= 0.6 is 0 Å². The fraction of sp³-hybridized carbons (Fsp3) is 0.263. The minimum Gasteiger partial charge on any atom is -0.492 e. The van der Waals surface area contributed by atoms with Crippen molar-refractivity contribution in [2.45, 2.75) is 13.3 Å². The van der Waals surface area contributed by atoms with E-state index in [2.05, 4.69) is 22.3 Å². The highest BCUT2D eigenvalue weighted by atomic mass is 16.5. The van der Waals surface area contributed by atoms with Crippen LogP contribution in [0.3, 0.4) is 0 Å². The van der Waals surface area contributed by atoms with Crippen LogP contribution < -0.4 is 15.4 Å². The normalized spacial score (nSPS) is 10.0. The zero-order valence-corrected chi connectivity index (χ0v) is 14.4. The van der Waals surface area contributed by atoms with Gasteiger partial charge in [-0.1, -0.05) is 25.1 Å². The number of hydrogen-bond donors (Lipinski definition) is 2. The number of benzene rings is 2. The molecule has 0 saturated heterocycles. The van der Waals surface area contributed by atoms with E-state index in [4.69, 9.17) is 4.74 Å². The van der Waals surface area contributed by atoms with Gasteiger partial charge in [-0.05, 0) is 42.3 Å². The van der Waals surface area contributed by atoms with E-state index in [0.717, 1.165) is 12.2 Å². The molecule has 0 aliphatic rings. The molecule has 6 heteroatoms. The molecule has 0 aromatic heterocycles. The largest absolute Gasteiger partial charge is 0.492 e. The van der Waals surface area contributed by atoms with Crippen LogP contribution in [-0.4, -0.2) is 32.3 Å². The number of methoxy groups -OCH3 is 1. The molecular weight excluding hydrogens is 320 g/mol. The summed E-state index contributed by atoms with van der Waals surface area (Å²) in [7, 11) is 1.31. The molecule has 0 aliphatic carbocycles. The lowest BCUT2D eigenvalue weighted by Gasteiger charge is -2.10. The van der Waals surface area contributed by atoms with Crippen LogP contribution in [0.25, 0.3) is 0 Å². The molecule has 0 unspecified atom stereocenters. The lowest BCUT2D eigenvalue weighted by atomic mass is 10.2. The van der Waals surface area contributed by atoms with Gasteiger partial charge in [0.1, 0.15) is 12.4 Å². The molecule has 2 amide bonds. The maximum Gasteiger partial charge on any atom is 0.337 e. The summed E-state index contributed by atoms with van der Waals surface area (Å²) in [5, 5.41) is 5.37. The highest BCUT2D eigenvalue weighted by molar-refractivity contribution is 5.93. The van der Waals surface area contributed by atoms with Gasteiger partial charge in [-0.2, -0.15) is 0 Å². The van der Waals surface area contributed by atoms with Gasteiger partial charge in [-0.15, -0.1) is 0 Å². The first-order valence-corrected chi connectivity index (χ1v) is 8.07. The molecule has 0 saturated carbocycles. The minimum absolute atomic E-state index is 0.360. The van der Waals surface area contributed by atoms with E-state index in [9.17, 15) is 9.59 Å². The molecule has 0 spiro atoms. The van der Waals surface area contributed by atoms with Gasteiger partial charge in [0, 0.05) is 5.69 Å². The lowest BCUT2D eigenvalue weighted by molar-refractivity contribution is 0.0600. The van der Waals surface area contributed by atoms with E-state index in [1.807, 2.05) is 24.3 Å². The van der Waals surface area contributed by atoms with Crippen molar-refractivity contribution in [2.75, 3.05) is 25.6 Å². The molecule has 0 fully saturated rings. The predicted molar refractivity (Wildman–Crippen MR) is 96.1 cm³/mol. The Hall–Kier alpha value is -3.02. The number of rotatable bonds is 7. The summed E-state index contributed by atoms with van der Waals surface area (Å²) >= 11 is 0. The zero-order valence-electron chi connectivity index (χ0n) is 14.4. The minimum atomic E-state index is -0.452. The quantitative estimate of drug-likeness (QED) is 0.598. The summed E-state index contributed by atoms with van der Waals surface area (Å²) < 4.78 is 10.3. The summed E-state index contributed by atoms with van der Waals surface area (Å²) in [6.07, 6.45) is 0.947. The topological polar surface area (TPSA) is 76.7 Å². The maximum absolute atomic E-state index is 11.9. The number of urea groups is 1. The monoisotopic (exact) mass is 342 g/mol. The van der Waals surface area contributed by atoms with Crippen LogP contribution in [0.15, 0.2) is 48.5 Å². The van der Waals surface area contributed by atoms with Crippen molar-refractivity contribution in [1.29, 1.82) is 0 Å². The Balaban J connectivity index is 1.76. The van der Waals surface area contributed by atoms with Crippen molar-refractivity contribution in [3.05, 3.63) is 59.7 Å². The highest BCUT2D eigenvalue weighted by Crippen LogP contribution is 2.13. The van der Waals surface area contributed by atoms with Crippen LogP contribution in [0.1, 0.15) is 22.8 Å². The van der Waals surface area contributed by atoms with E-state index in [-0.39, 0.29) is 6.03 Å². The van der Waals surface area contributed by atoms with Gasteiger partial charge in [0.25, 0.3) is 0 Å². The third kappa shape index (κ3) is 5.84. The molecule has 6 nitrogen and oxygen atoms in total. The number of carbonyl (C=O) groups excluding carboxylic acids is 2. The Morgan fingerprint density at radius 3 is 2.64 bits per heavy atom. The number of aryl methyl sites for hydroxylation is 1. The van der Waals surface area contributed by atoms with Crippen molar-refractivity contribution in [3.63, 3.8) is 0 Å². The van der Waals surface area contributed by atoms with Gasteiger partial charge >= 0.3 is 12.0 Å². The molecular formula is C19H22N2O4. The Morgan fingerprint density at radius 1 is 1.08 bits per heavy atom. The molecule has 2 aromatic rings. The highest BCUT2D eigenvalue weighted by Gasteiger charge is 2.07. The third-order valence-corrected chi connectivity index (χ3v) is 3.50. The van der Waals surface area contributed by atoms with E-state index < -0.39 is 5.97 Å². The first-order chi connectivity index (χ1) is 12.1. The van der Waals surface area contributed by atoms with Crippen LogP contribution in [-0.2, 0) is 11.2 Å². The first-order valence-electron chi connectivity index (χ1n) is 8.07. The number of ether oxygens (including phenoxy) is 2. The maximum atomic E-state index is 11.9. The Bertz CT molecular complexity index is 731. The third-order valence-electron chi connectivity index (χ3n) is 3.50. The van der Waals surface area contributed by atoms with Crippen molar-refractivity contribution in [1.82, 2.24) is 5.32 Å². The average Bonchev–Trinajstić information content (AvgIpc) is 2.65. The lowest BCUT2D eigenvalue weighted by Crippen LogP contribution is -2.32. The molecule has 25 heavy (non-hydrogen) atoms. The standard InChI is InChI=1S/C19H22N2O4/c1-3-14-6-4-9-17(12-14)25-11-10-20-19(23)21-16-8-5-7-15(13-16)18(22)24-2/h4-9,12-13H,3,10-11H2,1-2H3,(H2,20,21,23). The molecule has 0 atom stereocenters. The summed E-state index contributed by atoms with van der Waals surface area (Å²) in [5.74, 6) is 0.333. The van der Waals surface area contributed by atoms with E-state index >= 15 is 0 Å². The van der Waals surface area contributed by atoms with E-state index in [0.29, 0.717) is 24.4 Å². The van der Waals surface area contributed by atoms with Crippen LogP contribution in [0, 0.1) is 0 Å². The molecule has 2 aromatic carbocycles. The van der Waals surface area contributed by atoms with Crippen molar-refractivity contribution in [2.24, 2.45) is 0 Å². The van der Waals surface area contributed by atoms with Gasteiger partial charge in [0.05, 0.1) is 19.2 Å². The molecule has 0 heterocycles. The molecule has 2 N–H and O–H groups in total. The molecule has 0 aliphatic heterocycles. The van der Waals surface area contributed by atoms with Gasteiger partial charge < -0.3 is 20.1 Å². The van der Waals surface area contributed by atoms with E-state index in [1.54, 1.807) is 24.3 Å². The van der Waals surface area contributed by atoms with Gasteiger partial charge in [0.15, 0.2) is 0 Å². The predicted octanol–water partition coefficient (Wildman–Crippen LogP) is 3.24. The average molecular weight is 342 g/mol. The Morgan fingerprint density at radius 2 is 1.88 bits per heavy atom. The second-order valence-electron chi connectivity index (χ2n) is 5.30. The number of anilines is 1. The molecule has 0 bridgehead atoms. The van der Waals surface area contributed by atoms with Crippen LogP contribution in [0.4, 0.5) is 10.5 Å². The van der Waals surface area contributed by atoms with Gasteiger partial charge in [0.2, 0.25) is 0 Å². The summed E-state index contributed by atoms with van der Waals surface area (Å²) in [6.45, 7) is 2.81. The number of nitrogens with one attached hydrogen (secondary N) is 2. The van der Waals surface area contributed by atoms with Crippen molar-refractivity contribution >= 4 is 17.7 Å². The number of esters is 1. The van der Waals surface area contributed by atoms with Crippen molar-refractivity contribution < 1.29 is 19.1 Å². The fourth-order valence-electron chi connectivity index (χ4n) is 2.21. The number of carbonyl (C=O) groups is 2. The van der Waals surface area contributed by atoms with Crippen LogP contribution in [0.5, 0.6) is 5.75 Å². The van der Waals surface area contributed by atoms with Crippen molar-refractivity contribution in [3.8, 4) is 5.75 Å². The van der Waals surface area contributed by atoms with Crippen LogP contribution in [0.2, 0.25) is 0 Å². The number of hydrogen-bond acceptors (Lipinski definition) is 4. The molecule has 0 radical (unpaired) electrons. The summed E-state index contributed by atoms with van der Waals surface area (Å²) in [5.41, 5.74) is 2.09. The Labute approximate surface area is 147 Å². The fourth-order valence-corrected chi connectivity index (χ4v) is 2.21. The summed E-state index contributed by atoms with van der Waals surface area (Å²) in [6, 6.07) is 14.0. The number of amides is 2. The SMILES string of the molecule is CCc1cccc(OCCNC(=O)Nc2cccc(C(=O)OC)c2)c1. The molecule has 132 valence electrons. The first kappa shape index (κ1) is 18.3. The van der Waals surface area contributed by atoms with Gasteiger partial charge in [-0.25, -0.2) is 9.59 Å². The molecule has 2 rings (SSSR count).